The van der Waals surface area contributed by atoms with Crippen molar-refractivity contribution < 1.29 is 82.0 Å². The monoisotopic (exact) mass is 652 g/mol. The molecule has 0 bridgehead atoms. The molecule has 9 atom stereocenters. The molecular weight excluding hydrogens is 612 g/mol. The van der Waals surface area contributed by atoms with Crippen molar-refractivity contribution >= 4 is 34.8 Å². The zero-order chi connectivity index (χ0) is 32.0. The van der Waals surface area contributed by atoms with Crippen molar-refractivity contribution in [1.82, 2.24) is 0 Å². The van der Waals surface area contributed by atoms with Crippen molar-refractivity contribution in [3.05, 3.63) is 23.8 Å². The average Bonchev–Trinajstić information content (AvgIpc) is 3.14. The molecule has 5 aliphatic carbocycles. The predicted octanol–water partition coefficient (Wildman–Crippen LogP) is 1.88. The van der Waals surface area contributed by atoms with Gasteiger partial charge in [-0.2, -0.15) is 0 Å². The molecule has 0 aliphatic heterocycles. The summed E-state index contributed by atoms with van der Waals surface area (Å²) in [6, 6.07) is -1.01. The number of alkyl halides is 3. The van der Waals surface area contributed by atoms with E-state index in [1.54, 1.807) is 13.8 Å². The summed E-state index contributed by atoms with van der Waals surface area (Å²) < 4.78 is 52.9. The van der Waals surface area contributed by atoms with Gasteiger partial charge in [0.1, 0.15) is 12.2 Å². The van der Waals surface area contributed by atoms with Crippen molar-refractivity contribution in [2.75, 3.05) is 6.01 Å². The molecule has 44 heavy (non-hydrogen) atoms. The summed E-state index contributed by atoms with van der Waals surface area (Å²) in [4.78, 5) is 47.6. The Balaban J connectivity index is 0.000000998. The summed E-state index contributed by atoms with van der Waals surface area (Å²) in [6.45, 7) is 4.99. The smallest absolute Gasteiger partial charge is 0.565 e. The number of esters is 1. The second-order valence-electron chi connectivity index (χ2n) is 13.2. The fourth-order valence-electron chi connectivity index (χ4n) is 9.22. The Morgan fingerprint density at radius 2 is 1.75 bits per heavy atom. The van der Waals surface area contributed by atoms with Crippen molar-refractivity contribution in [2.24, 2.45) is 34.5 Å². The number of carbonyl (C=O) groups excluding carboxylic acids is 3. The SMILES string of the molecule is C[C@@H]1CC2[C@H]3CC(F)C4=CC(=O)C=C[C@]4(C)C3(F)[C@@H](O)C[C@]2(C)[C@@]1(OC(=O)CC1CCCCC1)C(=O)SCF.O=C([O-])O.[Na+]. The summed E-state index contributed by atoms with van der Waals surface area (Å²) in [5.74, 6) is -3.02. The summed E-state index contributed by atoms with van der Waals surface area (Å²) in [6.07, 6.45) is 3.32. The number of halogens is 3. The fourth-order valence-corrected chi connectivity index (χ4v) is 10.0. The molecule has 0 aromatic heterocycles. The molecule has 8 nitrogen and oxygen atoms in total. The molecule has 4 fully saturated rings. The number of ketones is 1. The Morgan fingerprint density at radius 1 is 1.14 bits per heavy atom. The third kappa shape index (κ3) is 5.95. The molecule has 0 aromatic carbocycles. The topological polar surface area (TPSA) is 141 Å². The maximum absolute atomic E-state index is 17.5. The molecule has 240 valence electrons. The number of thioether (sulfide) groups is 1. The zero-order valence-corrected chi connectivity index (χ0v) is 28.5. The Kier molecular flexibility index (Phi) is 11.6. The fraction of sp³-hybridized carbons (Fsp3) is 0.742. The van der Waals surface area contributed by atoms with Crippen LogP contribution in [0.25, 0.3) is 0 Å². The molecule has 0 radical (unpaired) electrons. The van der Waals surface area contributed by atoms with Gasteiger partial charge in [-0.05, 0) is 80.4 Å². The molecule has 0 amide bonds. The van der Waals surface area contributed by atoms with Gasteiger partial charge in [-0.25, -0.2) is 13.2 Å². The minimum Gasteiger partial charge on any atom is -0.565 e. The summed E-state index contributed by atoms with van der Waals surface area (Å²) in [5.41, 5.74) is -6.84. The Hall–Kier alpha value is -1.34. The van der Waals surface area contributed by atoms with Gasteiger partial charge in [0.2, 0.25) is 11.3 Å². The number of aliphatic hydroxyl groups excluding tert-OH is 1. The number of hydrogen-bond donors (Lipinski definition) is 2. The van der Waals surface area contributed by atoms with E-state index in [2.05, 4.69) is 0 Å². The number of aliphatic hydroxyl groups is 1. The molecular formula is C31H40F3NaO8S. The first-order valence-electron chi connectivity index (χ1n) is 14.9. The van der Waals surface area contributed by atoms with Crippen LogP contribution in [0, 0.1) is 34.5 Å². The van der Waals surface area contributed by atoms with Gasteiger partial charge in [-0.3, -0.25) is 14.4 Å². The van der Waals surface area contributed by atoms with Gasteiger partial charge in [0.05, 0.1) is 6.10 Å². The first-order chi connectivity index (χ1) is 20.1. The van der Waals surface area contributed by atoms with Crippen LogP contribution in [0.3, 0.4) is 0 Å². The van der Waals surface area contributed by atoms with Crippen LogP contribution in [0.2, 0.25) is 0 Å². The van der Waals surface area contributed by atoms with Crippen LogP contribution in [-0.2, 0) is 19.1 Å². The Morgan fingerprint density at radius 3 is 2.34 bits per heavy atom. The van der Waals surface area contributed by atoms with Crippen LogP contribution in [0.4, 0.5) is 18.0 Å². The van der Waals surface area contributed by atoms with Gasteiger partial charge in [0.25, 0.3) is 0 Å². The number of ether oxygens (including phenoxy) is 1. The average molecular weight is 653 g/mol. The second kappa shape index (κ2) is 13.8. The van der Waals surface area contributed by atoms with Crippen molar-refractivity contribution in [3.8, 4) is 0 Å². The molecule has 2 N–H and O–H groups in total. The van der Waals surface area contributed by atoms with Crippen LogP contribution in [-0.4, -0.2) is 62.8 Å². The van der Waals surface area contributed by atoms with Gasteiger partial charge in [0.15, 0.2) is 17.1 Å². The summed E-state index contributed by atoms with van der Waals surface area (Å²) in [5, 5.41) is 26.2. The first kappa shape index (κ1) is 37.1. The van der Waals surface area contributed by atoms with Gasteiger partial charge in [-0.1, -0.05) is 39.2 Å². The summed E-state index contributed by atoms with van der Waals surface area (Å²) in [7, 11) is 0. The van der Waals surface area contributed by atoms with Crippen LogP contribution >= 0.6 is 11.8 Å². The zero-order valence-electron chi connectivity index (χ0n) is 25.7. The van der Waals surface area contributed by atoms with Gasteiger partial charge < -0.3 is 24.9 Å². The number of carbonyl (C=O) groups is 4. The van der Waals surface area contributed by atoms with Crippen LogP contribution in [0.1, 0.15) is 78.6 Å². The summed E-state index contributed by atoms with van der Waals surface area (Å²) >= 11 is 0.431. The van der Waals surface area contributed by atoms with E-state index in [9.17, 15) is 23.9 Å². The van der Waals surface area contributed by atoms with Gasteiger partial charge in [-0.15, -0.1) is 0 Å². The van der Waals surface area contributed by atoms with Gasteiger partial charge in [0, 0.05) is 29.1 Å². The predicted molar refractivity (Wildman–Crippen MR) is 150 cm³/mol. The molecule has 0 saturated heterocycles. The van der Waals surface area contributed by atoms with E-state index in [-0.39, 0.29) is 66.7 Å². The standard InChI is InChI=1S/C30H39F3O5S.CH2O3.Na/c1-17-11-20-21-14-23(32)22-13-19(34)9-10-27(22,2)29(21,33)24(35)15-28(20,3)30(17,26(37)39-16-31)38-25(36)12-18-7-5-4-6-8-18;2-1(3)4;/h9-10,13,17-18,20-21,23-24,35H,4-8,11-12,14-16H2,1-3H3;(H2,2,3,4);/q;;+1/p-1/t17-,20?,21-,23?,24+,27+,28+,29?,30+;;/m1../s1. The molecule has 0 spiro atoms. The van der Waals surface area contributed by atoms with E-state index in [1.165, 1.54) is 19.1 Å². The largest absolute Gasteiger partial charge is 1.00 e. The molecule has 3 unspecified atom stereocenters. The van der Waals surface area contributed by atoms with E-state index in [4.69, 9.17) is 19.7 Å². The van der Waals surface area contributed by atoms with Crippen LogP contribution < -0.4 is 34.7 Å². The molecule has 0 aromatic rings. The van der Waals surface area contributed by atoms with E-state index in [1.807, 2.05) is 0 Å². The minimum atomic E-state index is -2.30. The number of carboxylic acid groups (broad SMARTS) is 2. The quantitative estimate of drug-likeness (QED) is 0.337. The number of fused-ring (bicyclic) bond motifs is 5. The number of hydrogen-bond acceptors (Lipinski definition) is 8. The molecule has 5 rings (SSSR count). The van der Waals surface area contributed by atoms with E-state index in [0.29, 0.717) is 11.8 Å². The van der Waals surface area contributed by atoms with E-state index in [0.717, 1.165) is 38.2 Å². The van der Waals surface area contributed by atoms with E-state index >= 15 is 8.78 Å². The van der Waals surface area contributed by atoms with E-state index < -0.39 is 81.2 Å². The van der Waals surface area contributed by atoms with Crippen LogP contribution in [0.5, 0.6) is 0 Å². The Bertz CT molecular complexity index is 1210. The van der Waals surface area contributed by atoms with Crippen LogP contribution in [0.15, 0.2) is 23.8 Å². The van der Waals surface area contributed by atoms with Crippen molar-refractivity contribution in [3.63, 3.8) is 0 Å². The van der Waals surface area contributed by atoms with Crippen molar-refractivity contribution in [1.29, 1.82) is 0 Å². The molecule has 13 heteroatoms. The molecule has 0 heterocycles. The minimum absolute atomic E-state index is 0. The normalized spacial score (nSPS) is 41.0. The third-order valence-corrected chi connectivity index (χ3v) is 11.8. The number of allylic oxidation sites excluding steroid dienone is 4. The number of rotatable bonds is 5. The maximum Gasteiger partial charge on any atom is 1.00 e. The Labute approximate surface area is 281 Å². The van der Waals surface area contributed by atoms with Crippen molar-refractivity contribution in [2.45, 2.75) is 102 Å². The van der Waals surface area contributed by atoms with Gasteiger partial charge >= 0.3 is 35.5 Å². The second-order valence-corrected chi connectivity index (χ2v) is 14.1. The molecule has 4 saturated carbocycles. The third-order valence-electron chi connectivity index (χ3n) is 11.1. The maximum atomic E-state index is 17.5. The molecule has 5 aliphatic rings. The first-order valence-corrected chi connectivity index (χ1v) is 15.9.